The van der Waals surface area contributed by atoms with Crippen molar-refractivity contribution in [2.75, 3.05) is 23.2 Å². The fourth-order valence-electron chi connectivity index (χ4n) is 3.68. The van der Waals surface area contributed by atoms with Crippen molar-refractivity contribution in [1.82, 2.24) is 14.6 Å². The predicted molar refractivity (Wildman–Crippen MR) is 160 cm³/mol. The molecule has 2 heterocycles. The number of carbonyl (C=O) groups is 4. The molecule has 3 amide bonds. The van der Waals surface area contributed by atoms with Gasteiger partial charge in [-0.1, -0.05) is 5.16 Å². The number of alkyl halides is 1. The number of nitrogens with zero attached hydrogens (tertiary/aromatic N) is 4. The topological polar surface area (TPSA) is 271 Å². The number of nitrogens with one attached hydrogen (secondary N) is 2. The number of ether oxygens (including phenoxy) is 1. The maximum absolute atomic E-state index is 13.4. The lowest BCUT2D eigenvalue weighted by Crippen LogP contribution is -2.74. The van der Waals surface area contributed by atoms with Gasteiger partial charge in [0.05, 0.1) is 16.7 Å². The summed E-state index contributed by atoms with van der Waals surface area (Å²) in [4.78, 5) is 69.9. The van der Waals surface area contributed by atoms with Crippen molar-refractivity contribution in [2.24, 2.45) is 5.16 Å². The van der Waals surface area contributed by atoms with Gasteiger partial charge < -0.3 is 20.2 Å². The van der Waals surface area contributed by atoms with Gasteiger partial charge in [-0.05, 0) is 31.5 Å². The Morgan fingerprint density at radius 1 is 1.22 bits per heavy atom. The number of oxime groups is 1. The molecule has 0 aliphatic carbocycles. The molecule has 1 aliphatic heterocycles. The molecular formula is C23H25ClN6O13S3. The fraction of sp³-hybridized carbons (Fsp3) is 0.391. The smallest absolute Gasteiger partial charge is 0.362 e. The zero-order valence-electron chi connectivity index (χ0n) is 23.9. The molecule has 2 aromatic rings. The third-order valence-electron chi connectivity index (χ3n) is 5.88. The number of non-ortho nitro benzene ring substituents is 1. The molecule has 2 unspecified atom stereocenters. The summed E-state index contributed by atoms with van der Waals surface area (Å²) in [6, 6.07) is 1.67. The second-order valence-electron chi connectivity index (χ2n) is 9.98. The predicted octanol–water partition coefficient (Wildman–Crippen LogP) is 0.0143. The van der Waals surface area contributed by atoms with Crippen molar-refractivity contribution in [1.29, 1.82) is 0 Å². The number of hydrogen-bond donors (Lipinski definition) is 3. The van der Waals surface area contributed by atoms with E-state index in [0.717, 1.165) is 17.6 Å². The lowest BCUT2D eigenvalue weighted by molar-refractivity contribution is -0.384. The van der Waals surface area contributed by atoms with E-state index in [1.165, 1.54) is 43.5 Å². The molecule has 23 heteroatoms. The van der Waals surface area contributed by atoms with Crippen LogP contribution in [-0.4, -0.2) is 101 Å². The lowest BCUT2D eigenvalue weighted by atomic mass is 10.0. The molecule has 0 saturated carbocycles. The van der Waals surface area contributed by atoms with Crippen molar-refractivity contribution in [3.63, 3.8) is 0 Å². The molecule has 0 radical (unpaired) electrons. The van der Waals surface area contributed by atoms with Gasteiger partial charge >= 0.3 is 16.3 Å². The largest absolute Gasteiger partial charge is 0.458 e. The second kappa shape index (κ2) is 14.0. The molecule has 3 N–H and O–H groups in total. The van der Waals surface area contributed by atoms with Crippen LogP contribution < -0.4 is 10.6 Å². The Bertz CT molecular complexity index is 1790. The van der Waals surface area contributed by atoms with E-state index in [9.17, 15) is 50.7 Å². The monoisotopic (exact) mass is 724 g/mol. The molecule has 1 fully saturated rings. The summed E-state index contributed by atoms with van der Waals surface area (Å²) in [5, 5.41) is 20.2. The molecule has 1 saturated heterocycles. The van der Waals surface area contributed by atoms with Crippen LogP contribution in [-0.2, 0) is 55.5 Å². The number of amides is 3. The third kappa shape index (κ3) is 9.15. The molecule has 250 valence electrons. The van der Waals surface area contributed by atoms with Crippen LogP contribution in [0.3, 0.4) is 0 Å². The second-order valence-corrected chi connectivity index (χ2v) is 14.6. The summed E-state index contributed by atoms with van der Waals surface area (Å²) < 4.78 is 61.6. The Labute approximate surface area is 269 Å². The Hall–Kier alpha value is -4.25. The van der Waals surface area contributed by atoms with Crippen LogP contribution in [0.5, 0.6) is 0 Å². The highest BCUT2D eigenvalue weighted by atomic mass is 35.5. The van der Waals surface area contributed by atoms with Crippen LogP contribution in [0.15, 0.2) is 34.8 Å². The van der Waals surface area contributed by atoms with Gasteiger partial charge in [0, 0.05) is 23.8 Å². The van der Waals surface area contributed by atoms with E-state index in [4.69, 9.17) is 21.2 Å². The standard InChI is InChI=1S/C23H25ClN6O13S3/c1-23(2,21(34)42-9-12-4-6-13(7-5-12)30(35)36)43-28-17(14-10-44-22(25-14)26-16(31)8-24)19(32)27-18-15(11-45(3,37)38)29(20(18)33)46(39,40)41/h4-7,10,15,18H,8-9,11H2,1-3H3,(H,27,32)(H,25,26,31)(H,39,40,41)/b28-17-. The third-order valence-corrected chi connectivity index (χ3v) is 8.78. The fourth-order valence-corrected chi connectivity index (χ4v) is 6.39. The van der Waals surface area contributed by atoms with Crippen molar-refractivity contribution in [3.8, 4) is 0 Å². The Morgan fingerprint density at radius 3 is 2.39 bits per heavy atom. The van der Waals surface area contributed by atoms with Crippen molar-refractivity contribution < 1.29 is 55.1 Å². The highest BCUT2D eigenvalue weighted by Crippen LogP contribution is 2.26. The number of thiazole rings is 1. The molecule has 2 atom stereocenters. The lowest BCUT2D eigenvalue weighted by Gasteiger charge is -2.43. The van der Waals surface area contributed by atoms with Crippen molar-refractivity contribution >= 4 is 83.3 Å². The van der Waals surface area contributed by atoms with E-state index in [2.05, 4.69) is 20.8 Å². The zero-order valence-corrected chi connectivity index (χ0v) is 27.1. The van der Waals surface area contributed by atoms with E-state index < -0.39 is 83.8 Å². The Balaban J connectivity index is 1.86. The van der Waals surface area contributed by atoms with E-state index in [1.807, 2.05) is 0 Å². The van der Waals surface area contributed by atoms with Gasteiger partial charge in [-0.3, -0.25) is 29.1 Å². The SMILES string of the molecule is CC(C)(O/N=C(\C(=O)NC1C(=O)N(S(=O)(=O)O)C1CS(C)(=O)=O)c1csc(NC(=O)CCl)n1)C(=O)OCc1ccc([N+](=O)[O-])cc1. The van der Waals surface area contributed by atoms with Gasteiger partial charge in [-0.2, -0.15) is 8.42 Å². The number of carbonyl (C=O) groups excluding carboxylic acids is 4. The summed E-state index contributed by atoms with van der Waals surface area (Å²) in [5.41, 5.74) is -2.62. The number of rotatable bonds is 14. The average molecular weight is 725 g/mol. The number of nitro groups is 1. The molecule has 0 spiro atoms. The van der Waals surface area contributed by atoms with Gasteiger partial charge in [0.2, 0.25) is 11.5 Å². The Morgan fingerprint density at radius 2 is 1.85 bits per heavy atom. The molecule has 1 aromatic carbocycles. The van der Waals surface area contributed by atoms with Crippen molar-refractivity contribution in [2.45, 2.75) is 38.1 Å². The number of β-lactam (4-membered cyclic amide) rings is 1. The molecule has 46 heavy (non-hydrogen) atoms. The summed E-state index contributed by atoms with van der Waals surface area (Å²) in [6.45, 7) is 2.13. The van der Waals surface area contributed by atoms with Crippen LogP contribution in [0, 0.1) is 10.1 Å². The summed E-state index contributed by atoms with van der Waals surface area (Å²) in [7, 11) is -9.13. The van der Waals surface area contributed by atoms with Crippen LogP contribution in [0.2, 0.25) is 0 Å². The summed E-state index contributed by atoms with van der Waals surface area (Å²) >= 11 is 6.30. The molecule has 1 aliphatic rings. The van der Waals surface area contributed by atoms with E-state index in [0.29, 0.717) is 5.56 Å². The molecule has 19 nitrogen and oxygen atoms in total. The van der Waals surface area contributed by atoms with Gasteiger partial charge in [0.25, 0.3) is 17.5 Å². The molecule has 3 rings (SSSR count). The molecule has 0 bridgehead atoms. The van der Waals surface area contributed by atoms with Crippen molar-refractivity contribution in [3.05, 3.63) is 51.0 Å². The first-order chi connectivity index (χ1) is 21.2. The number of halogens is 1. The van der Waals surface area contributed by atoms with E-state index >= 15 is 0 Å². The first kappa shape index (κ1) is 36.2. The number of hydrogen-bond acceptors (Lipinski definition) is 15. The zero-order chi connectivity index (χ0) is 34.6. The first-order valence-corrected chi connectivity index (χ1v) is 17.4. The highest BCUT2D eigenvalue weighted by Gasteiger charge is 2.55. The van der Waals surface area contributed by atoms with Crippen LogP contribution in [0.4, 0.5) is 10.8 Å². The number of nitro benzene ring substituents is 1. The number of anilines is 1. The summed E-state index contributed by atoms with van der Waals surface area (Å²) in [5.74, 6) is -5.62. The van der Waals surface area contributed by atoms with Gasteiger partial charge in [-0.15, -0.1) is 22.9 Å². The van der Waals surface area contributed by atoms with Crippen LogP contribution in [0.1, 0.15) is 25.1 Å². The summed E-state index contributed by atoms with van der Waals surface area (Å²) in [6.07, 6.45) is 0.742. The van der Waals surface area contributed by atoms with E-state index in [-0.39, 0.29) is 27.4 Å². The van der Waals surface area contributed by atoms with E-state index in [1.54, 1.807) is 0 Å². The molecule has 1 aromatic heterocycles. The quantitative estimate of drug-likeness (QED) is 0.0441. The normalized spacial score (nSPS) is 17.1. The minimum absolute atomic E-state index is 0.0462. The van der Waals surface area contributed by atoms with Crippen LogP contribution >= 0.6 is 22.9 Å². The Kier molecular flexibility index (Phi) is 11.0. The average Bonchev–Trinajstić information content (AvgIpc) is 3.40. The van der Waals surface area contributed by atoms with Gasteiger partial charge in [0.1, 0.15) is 34.1 Å². The number of sulfone groups is 1. The minimum Gasteiger partial charge on any atom is -0.458 e. The number of aromatic nitrogens is 1. The molecular weight excluding hydrogens is 700 g/mol. The van der Waals surface area contributed by atoms with Crippen LogP contribution in [0.25, 0.3) is 0 Å². The van der Waals surface area contributed by atoms with Gasteiger partial charge in [0.15, 0.2) is 10.8 Å². The maximum atomic E-state index is 13.4. The van der Waals surface area contributed by atoms with Gasteiger partial charge in [-0.25, -0.2) is 22.5 Å². The maximum Gasteiger partial charge on any atom is 0.362 e. The first-order valence-electron chi connectivity index (χ1n) is 12.5. The number of esters is 1. The number of benzene rings is 1. The highest BCUT2D eigenvalue weighted by molar-refractivity contribution is 7.90. The minimum atomic E-state index is -5.19.